The smallest absolute Gasteiger partial charge is 0.0619 e. The van der Waals surface area contributed by atoms with Gasteiger partial charge in [-0.1, -0.05) is 314 Å². The van der Waals surface area contributed by atoms with Crippen molar-refractivity contribution in [2.75, 3.05) is 0 Å². The molecule has 0 atom stereocenters. The summed E-state index contributed by atoms with van der Waals surface area (Å²) in [7, 11) is -0.422. The maximum atomic E-state index is 2.33. The molecule has 15 rings (SSSR count). The van der Waals surface area contributed by atoms with Crippen LogP contribution in [-0.4, -0.2) is 0 Å². The fourth-order valence-electron chi connectivity index (χ4n) is 12.8. The SMILES string of the molecule is CC(C)(C)c1ccc([S+](c2ccc(C(C)(C)C)cc2)c2ccc(C(C)(C)C)cc2)cc1.CC(C)(C)c1ccc([S+](c2ccccc2)c2ccccc2)cc1.c1ccc([S+](c2cccc3ccccc23)c2cccc3ccccc23)cc1.c1ccc([S+](c2ccccc2)c2cccc3ccccc23)cc1. The number of rotatable bonds is 12. The van der Waals surface area contributed by atoms with Gasteiger partial charge < -0.3 is 0 Å². The van der Waals surface area contributed by atoms with Crippen LogP contribution in [0.4, 0.5) is 0 Å². The molecule has 0 N–H and O–H groups in total. The summed E-state index contributed by atoms with van der Waals surface area (Å²) in [4.78, 5) is 16.4. The van der Waals surface area contributed by atoms with E-state index in [2.05, 4.69) is 459 Å². The molecule has 0 saturated heterocycles. The van der Waals surface area contributed by atoms with Crippen molar-refractivity contribution in [3.63, 3.8) is 0 Å². The lowest BCUT2D eigenvalue weighted by atomic mass is 9.87. The monoisotopic (exact) mass is 1430 g/mol. The molecule has 0 heterocycles. The van der Waals surface area contributed by atoms with Crippen LogP contribution in [0.25, 0.3) is 32.3 Å². The number of hydrogen-bond acceptors (Lipinski definition) is 0. The molecule has 0 aliphatic heterocycles. The zero-order chi connectivity index (χ0) is 72.9. The zero-order valence-corrected chi connectivity index (χ0v) is 65.7. The Labute approximate surface area is 632 Å². The first-order valence-electron chi connectivity index (χ1n) is 36.3. The second-order valence-electron chi connectivity index (χ2n) is 30.3. The Bertz CT molecular complexity index is 4870. The summed E-state index contributed by atoms with van der Waals surface area (Å²) >= 11 is 0. The average Bonchev–Trinajstić information content (AvgIpc) is 0.705. The Hall–Kier alpha value is -9.52. The topological polar surface area (TPSA) is 0 Å². The van der Waals surface area contributed by atoms with Gasteiger partial charge in [-0.05, 0) is 206 Å². The minimum absolute atomic E-state index is 0.0497. The van der Waals surface area contributed by atoms with E-state index < -0.39 is 0 Å². The Balaban J connectivity index is 0.000000131. The largest absolute Gasteiger partial charge is 0.174 e. The lowest BCUT2D eigenvalue weighted by Gasteiger charge is -2.21. The van der Waals surface area contributed by atoms with Crippen LogP contribution < -0.4 is 0 Å². The fraction of sp³-hybridized carbons (Fsp3) is 0.160. The third kappa shape index (κ3) is 18.3. The van der Waals surface area contributed by atoms with Crippen molar-refractivity contribution in [1.82, 2.24) is 0 Å². The highest BCUT2D eigenvalue weighted by Crippen LogP contribution is 2.41. The molecule has 0 aromatic heterocycles. The molecule has 0 unspecified atom stereocenters. The fourth-order valence-corrected chi connectivity index (χ4v) is 21.6. The maximum absolute atomic E-state index is 2.33. The van der Waals surface area contributed by atoms with Gasteiger partial charge in [-0.15, -0.1) is 0 Å². The molecule has 104 heavy (non-hydrogen) atoms. The van der Waals surface area contributed by atoms with Crippen LogP contribution in [0.1, 0.15) is 105 Å². The first-order valence-corrected chi connectivity index (χ1v) is 41.2. The molecule has 0 spiro atoms. The first-order chi connectivity index (χ1) is 50.2. The van der Waals surface area contributed by atoms with E-state index in [1.165, 1.54) is 113 Å². The van der Waals surface area contributed by atoms with Crippen LogP contribution in [-0.2, 0) is 65.2 Å². The third-order valence-electron chi connectivity index (χ3n) is 18.6. The van der Waals surface area contributed by atoms with E-state index >= 15 is 0 Å². The van der Waals surface area contributed by atoms with Crippen molar-refractivity contribution >= 4 is 75.9 Å². The highest BCUT2D eigenvalue weighted by molar-refractivity contribution is 7.98. The van der Waals surface area contributed by atoms with E-state index in [4.69, 9.17) is 0 Å². The summed E-state index contributed by atoms with van der Waals surface area (Å²) in [5, 5.41) is 7.90. The zero-order valence-electron chi connectivity index (χ0n) is 62.4. The van der Waals surface area contributed by atoms with Gasteiger partial charge in [0.15, 0.2) is 58.7 Å². The Kier molecular flexibility index (Phi) is 23.9. The normalized spacial score (nSPS) is 11.8. The number of fused-ring (bicyclic) bond motifs is 3. The summed E-state index contributed by atoms with van der Waals surface area (Å²) in [6, 6.07) is 137. The van der Waals surface area contributed by atoms with Gasteiger partial charge in [-0.2, -0.15) is 0 Å². The molecule has 0 radical (unpaired) electrons. The molecule has 0 bridgehead atoms. The van der Waals surface area contributed by atoms with Crippen molar-refractivity contribution in [2.45, 2.75) is 163 Å². The molecular formula is C100H98S4+4. The number of benzene rings is 15. The van der Waals surface area contributed by atoms with E-state index in [1.54, 1.807) is 0 Å². The van der Waals surface area contributed by atoms with E-state index in [-0.39, 0.29) is 65.2 Å². The van der Waals surface area contributed by atoms with Crippen molar-refractivity contribution in [3.8, 4) is 0 Å². The Morgan fingerprint density at radius 1 is 0.144 bits per heavy atom. The van der Waals surface area contributed by atoms with Crippen molar-refractivity contribution in [1.29, 1.82) is 0 Å². The molecule has 15 aromatic carbocycles. The highest BCUT2D eigenvalue weighted by Gasteiger charge is 2.35. The van der Waals surface area contributed by atoms with Gasteiger partial charge in [0, 0.05) is 16.2 Å². The van der Waals surface area contributed by atoms with Gasteiger partial charge in [0.1, 0.15) is 10.9 Å². The van der Waals surface area contributed by atoms with Crippen molar-refractivity contribution in [3.05, 3.63) is 398 Å². The lowest BCUT2D eigenvalue weighted by molar-refractivity contribution is 0.589. The van der Waals surface area contributed by atoms with Crippen molar-refractivity contribution in [2.24, 2.45) is 0 Å². The minimum atomic E-state index is -0.164. The molecule has 0 nitrogen and oxygen atoms in total. The molecule has 0 amide bonds. The van der Waals surface area contributed by atoms with Gasteiger partial charge in [-0.25, -0.2) is 0 Å². The second kappa shape index (κ2) is 33.5. The van der Waals surface area contributed by atoms with Crippen LogP contribution in [0.5, 0.6) is 0 Å². The Morgan fingerprint density at radius 3 is 0.548 bits per heavy atom. The van der Waals surface area contributed by atoms with Crippen LogP contribution >= 0.6 is 0 Å². The molecule has 0 fully saturated rings. The van der Waals surface area contributed by atoms with Gasteiger partial charge in [0.05, 0.1) is 32.7 Å². The predicted octanol–water partition coefficient (Wildman–Crippen LogP) is 27.8. The van der Waals surface area contributed by atoms with E-state index in [9.17, 15) is 0 Å². The van der Waals surface area contributed by atoms with Gasteiger partial charge in [-0.3, -0.25) is 0 Å². The molecule has 0 aliphatic rings. The molecule has 518 valence electrons. The summed E-state index contributed by atoms with van der Waals surface area (Å²) in [5.74, 6) is 0. The predicted molar refractivity (Wildman–Crippen MR) is 453 cm³/mol. The first kappa shape index (κ1) is 74.2. The molecule has 4 heteroatoms. The molecule has 0 aliphatic carbocycles. The van der Waals surface area contributed by atoms with E-state index in [1.807, 2.05) is 0 Å². The number of hydrogen-bond donors (Lipinski definition) is 0. The average molecular weight is 1430 g/mol. The summed E-state index contributed by atoms with van der Waals surface area (Å²) < 4.78 is 0. The lowest BCUT2D eigenvalue weighted by Crippen LogP contribution is -2.13. The van der Waals surface area contributed by atoms with E-state index in [0.717, 1.165) is 0 Å². The third-order valence-corrected chi connectivity index (χ3v) is 27.7. The Morgan fingerprint density at radius 2 is 0.317 bits per heavy atom. The summed E-state index contributed by atoms with van der Waals surface area (Å²) in [6.45, 7) is 27.3. The van der Waals surface area contributed by atoms with Gasteiger partial charge >= 0.3 is 0 Å². The minimum Gasteiger partial charge on any atom is -0.0619 e. The van der Waals surface area contributed by atoms with Crippen LogP contribution in [0.15, 0.2) is 435 Å². The molecule has 15 aromatic rings. The van der Waals surface area contributed by atoms with Gasteiger partial charge in [0.25, 0.3) is 0 Å². The van der Waals surface area contributed by atoms with Crippen LogP contribution in [0.3, 0.4) is 0 Å². The molecular weight excluding hydrogens is 1330 g/mol. The highest BCUT2D eigenvalue weighted by atomic mass is 32.2. The standard InChI is InChI=1S/C30H39S.C26H19S.C22H17S.C22H23S/c1-28(2,3)22-10-16-25(17-11-22)31(26-18-12-23(13-19-26)29(4,5)6)27-20-14-24(15-21-27)30(7,8)9;1-2-14-22(15-3-1)27(25-18-8-12-20-10-4-6-16-23(20)25)26-19-9-13-21-11-5-7-17-24(21)26;1-3-12-19(13-4-1)23(20-14-5-2-6-15-20)22-17-9-11-18-10-7-8-16-21(18)22;1-22(2,3)18-14-16-21(17-15-18)23(19-10-6-4-7-11-19)20-12-8-5-9-13-20/h10-21H,1-9H3;1-19H;1-17H;4-17H,1-3H3/q4*+1. The van der Waals surface area contributed by atoms with Crippen LogP contribution in [0.2, 0.25) is 0 Å². The molecule has 0 saturated carbocycles. The summed E-state index contributed by atoms with van der Waals surface area (Å²) in [5.41, 5.74) is 6.21. The van der Waals surface area contributed by atoms with Gasteiger partial charge in [0.2, 0.25) is 0 Å². The summed E-state index contributed by atoms with van der Waals surface area (Å²) in [6.07, 6.45) is 0. The quantitative estimate of drug-likeness (QED) is 0.107. The van der Waals surface area contributed by atoms with E-state index in [0.29, 0.717) is 0 Å². The van der Waals surface area contributed by atoms with Crippen LogP contribution in [0, 0.1) is 0 Å². The second-order valence-corrected chi connectivity index (χ2v) is 38.3. The van der Waals surface area contributed by atoms with Crippen molar-refractivity contribution < 1.29 is 0 Å². The maximum Gasteiger partial charge on any atom is 0.174 e.